The van der Waals surface area contributed by atoms with Crippen molar-refractivity contribution < 1.29 is 9.53 Å². The van der Waals surface area contributed by atoms with Crippen molar-refractivity contribution in [1.82, 2.24) is 5.32 Å². The first kappa shape index (κ1) is 16.8. The molecule has 0 spiro atoms. The van der Waals surface area contributed by atoms with Crippen molar-refractivity contribution in [3.8, 4) is 0 Å². The van der Waals surface area contributed by atoms with Crippen LogP contribution in [0.15, 0.2) is 36.5 Å². The summed E-state index contributed by atoms with van der Waals surface area (Å²) in [7, 11) is 0. The highest BCUT2D eigenvalue weighted by atomic mass is 16.5. The topological polar surface area (TPSA) is 53.6 Å². The summed E-state index contributed by atoms with van der Waals surface area (Å²) in [5.74, 6) is 0.611. The fraction of sp³-hybridized carbons (Fsp3) is 0.526. The molecule has 1 saturated heterocycles. The maximum Gasteiger partial charge on any atom is 0.323 e. The molecule has 5 heteroatoms. The molecule has 2 fully saturated rings. The first-order valence-electron chi connectivity index (χ1n) is 8.99. The van der Waals surface area contributed by atoms with Crippen LogP contribution in [-0.4, -0.2) is 32.3 Å². The second-order valence-electron chi connectivity index (χ2n) is 6.47. The zero-order valence-electron chi connectivity index (χ0n) is 14.2. The zero-order valence-corrected chi connectivity index (χ0v) is 14.2. The lowest BCUT2D eigenvalue weighted by atomic mass is 9.89. The van der Waals surface area contributed by atoms with Crippen molar-refractivity contribution in [2.75, 3.05) is 36.5 Å². The fourth-order valence-corrected chi connectivity index (χ4v) is 3.40. The third kappa shape index (κ3) is 4.74. The maximum absolute atomic E-state index is 12.2. The van der Waals surface area contributed by atoms with E-state index in [1.807, 2.05) is 24.3 Å². The highest BCUT2D eigenvalue weighted by molar-refractivity contribution is 5.93. The Morgan fingerprint density at radius 3 is 2.67 bits per heavy atom. The van der Waals surface area contributed by atoms with Gasteiger partial charge < -0.3 is 20.3 Å². The molecule has 1 saturated carbocycles. The number of urea groups is 1. The van der Waals surface area contributed by atoms with E-state index >= 15 is 0 Å². The summed E-state index contributed by atoms with van der Waals surface area (Å²) < 4.78 is 5.40. The van der Waals surface area contributed by atoms with Gasteiger partial charge >= 0.3 is 6.03 Å². The Morgan fingerprint density at radius 2 is 1.88 bits per heavy atom. The molecule has 5 nitrogen and oxygen atoms in total. The Bertz CT molecular complexity index is 561. The summed E-state index contributed by atoms with van der Waals surface area (Å²) in [5.41, 5.74) is 1.88. The van der Waals surface area contributed by atoms with E-state index in [0.29, 0.717) is 5.92 Å². The Kier molecular flexibility index (Phi) is 6.13. The van der Waals surface area contributed by atoms with Gasteiger partial charge in [0, 0.05) is 19.3 Å². The van der Waals surface area contributed by atoms with Crippen molar-refractivity contribution in [1.29, 1.82) is 0 Å². The number of nitrogens with zero attached hydrogens (tertiary/aromatic N) is 1. The number of morpholine rings is 1. The van der Waals surface area contributed by atoms with Gasteiger partial charge in [-0.05, 0) is 30.9 Å². The minimum Gasteiger partial charge on any atom is -0.378 e. The second kappa shape index (κ2) is 8.73. The first-order valence-corrected chi connectivity index (χ1v) is 8.99. The van der Waals surface area contributed by atoms with E-state index in [1.54, 1.807) is 6.20 Å². The van der Waals surface area contributed by atoms with Gasteiger partial charge in [-0.2, -0.15) is 0 Å². The normalized spacial score (nSPS) is 19.4. The van der Waals surface area contributed by atoms with Crippen LogP contribution in [0.4, 0.5) is 16.2 Å². The summed E-state index contributed by atoms with van der Waals surface area (Å²) >= 11 is 0. The van der Waals surface area contributed by atoms with Crippen LogP contribution in [0, 0.1) is 5.92 Å². The predicted octanol–water partition coefficient (Wildman–Crippen LogP) is 3.74. The second-order valence-corrected chi connectivity index (χ2v) is 6.47. The van der Waals surface area contributed by atoms with Crippen LogP contribution in [0.3, 0.4) is 0 Å². The van der Waals surface area contributed by atoms with E-state index in [4.69, 9.17) is 4.74 Å². The van der Waals surface area contributed by atoms with Crippen molar-refractivity contribution in [2.24, 2.45) is 5.92 Å². The van der Waals surface area contributed by atoms with E-state index in [1.165, 1.54) is 32.1 Å². The standard InChI is InChI=1S/C19H27N3O2/c23-19(20-11-10-16-6-2-1-3-7-16)21-17-8-4-5-9-18(17)22-12-14-24-15-13-22/h4-5,8-11,16H,1-3,6-7,12-15H2,(H2,20,21,23)/b11-10+. The van der Waals surface area contributed by atoms with Gasteiger partial charge in [-0.1, -0.05) is 37.5 Å². The lowest BCUT2D eigenvalue weighted by Gasteiger charge is -2.30. The van der Waals surface area contributed by atoms with Crippen LogP contribution in [0.1, 0.15) is 32.1 Å². The molecule has 1 aromatic rings. The molecule has 0 atom stereocenters. The summed E-state index contributed by atoms with van der Waals surface area (Å²) in [6.07, 6.45) is 10.3. The summed E-state index contributed by atoms with van der Waals surface area (Å²) in [5, 5.41) is 5.80. The number of benzene rings is 1. The van der Waals surface area contributed by atoms with Gasteiger partial charge in [0.1, 0.15) is 0 Å². The molecule has 1 aliphatic carbocycles. The molecule has 0 unspecified atom stereocenters. The van der Waals surface area contributed by atoms with Crippen LogP contribution in [0.5, 0.6) is 0 Å². The third-order valence-corrected chi connectivity index (χ3v) is 4.74. The zero-order chi connectivity index (χ0) is 16.6. The molecule has 0 bridgehead atoms. The number of carbonyl (C=O) groups is 1. The maximum atomic E-state index is 12.2. The third-order valence-electron chi connectivity index (χ3n) is 4.74. The largest absolute Gasteiger partial charge is 0.378 e. The predicted molar refractivity (Wildman–Crippen MR) is 97.3 cm³/mol. The molecule has 1 heterocycles. The van der Waals surface area contributed by atoms with Crippen molar-refractivity contribution in [2.45, 2.75) is 32.1 Å². The van der Waals surface area contributed by atoms with Crippen LogP contribution >= 0.6 is 0 Å². The quantitative estimate of drug-likeness (QED) is 0.885. The summed E-state index contributed by atoms with van der Waals surface area (Å²) in [6, 6.07) is 7.73. The highest BCUT2D eigenvalue weighted by Gasteiger charge is 2.15. The monoisotopic (exact) mass is 329 g/mol. The van der Waals surface area contributed by atoms with Gasteiger partial charge in [0.2, 0.25) is 0 Å². The number of para-hydroxylation sites is 2. The van der Waals surface area contributed by atoms with Gasteiger partial charge in [0.15, 0.2) is 0 Å². The minimum atomic E-state index is -0.192. The highest BCUT2D eigenvalue weighted by Crippen LogP contribution is 2.26. The fourth-order valence-electron chi connectivity index (χ4n) is 3.40. The Balaban J connectivity index is 1.55. The molecule has 1 aliphatic heterocycles. The molecule has 0 radical (unpaired) electrons. The van der Waals surface area contributed by atoms with E-state index < -0.39 is 0 Å². The molecular formula is C19H27N3O2. The molecular weight excluding hydrogens is 302 g/mol. The average Bonchev–Trinajstić information content (AvgIpc) is 2.64. The number of hydrogen-bond donors (Lipinski definition) is 2. The van der Waals surface area contributed by atoms with Crippen LogP contribution in [0.2, 0.25) is 0 Å². The minimum absolute atomic E-state index is 0.192. The molecule has 3 rings (SSSR count). The average molecular weight is 329 g/mol. The van der Waals surface area contributed by atoms with Gasteiger partial charge in [-0.15, -0.1) is 0 Å². The molecule has 130 valence electrons. The van der Waals surface area contributed by atoms with Gasteiger partial charge in [-0.3, -0.25) is 0 Å². The molecule has 24 heavy (non-hydrogen) atoms. The number of hydrogen-bond acceptors (Lipinski definition) is 3. The van der Waals surface area contributed by atoms with E-state index in [2.05, 4.69) is 21.6 Å². The van der Waals surface area contributed by atoms with Gasteiger partial charge in [0.05, 0.1) is 24.6 Å². The number of anilines is 2. The van der Waals surface area contributed by atoms with Crippen molar-refractivity contribution >= 4 is 17.4 Å². The van der Waals surface area contributed by atoms with Crippen LogP contribution in [0.25, 0.3) is 0 Å². The molecule has 2 aliphatic rings. The van der Waals surface area contributed by atoms with E-state index in [0.717, 1.165) is 37.7 Å². The van der Waals surface area contributed by atoms with Gasteiger partial charge in [0.25, 0.3) is 0 Å². The van der Waals surface area contributed by atoms with Crippen LogP contribution in [-0.2, 0) is 4.74 Å². The van der Waals surface area contributed by atoms with Crippen LogP contribution < -0.4 is 15.5 Å². The lowest BCUT2D eigenvalue weighted by Crippen LogP contribution is -2.37. The molecule has 2 N–H and O–H groups in total. The van der Waals surface area contributed by atoms with E-state index in [-0.39, 0.29) is 6.03 Å². The van der Waals surface area contributed by atoms with E-state index in [9.17, 15) is 4.79 Å². The number of rotatable bonds is 4. The number of ether oxygens (including phenoxy) is 1. The summed E-state index contributed by atoms with van der Waals surface area (Å²) in [4.78, 5) is 14.4. The number of carbonyl (C=O) groups excluding carboxylic acids is 1. The Morgan fingerprint density at radius 1 is 1.12 bits per heavy atom. The number of nitrogens with one attached hydrogen (secondary N) is 2. The number of allylic oxidation sites excluding steroid dienone is 1. The Hall–Kier alpha value is -2.01. The molecule has 2 amide bonds. The molecule has 0 aromatic heterocycles. The molecule has 1 aromatic carbocycles. The number of amides is 2. The summed E-state index contributed by atoms with van der Waals surface area (Å²) in [6.45, 7) is 3.15. The van der Waals surface area contributed by atoms with Crippen molar-refractivity contribution in [3.05, 3.63) is 36.5 Å². The van der Waals surface area contributed by atoms with Crippen molar-refractivity contribution in [3.63, 3.8) is 0 Å². The van der Waals surface area contributed by atoms with Gasteiger partial charge in [-0.25, -0.2) is 4.79 Å². The lowest BCUT2D eigenvalue weighted by molar-refractivity contribution is 0.123. The first-order chi connectivity index (χ1) is 11.8. The smallest absolute Gasteiger partial charge is 0.323 e. The Labute approximate surface area is 144 Å². The SMILES string of the molecule is O=C(N/C=C/C1CCCCC1)Nc1ccccc1N1CCOCC1.